The van der Waals surface area contributed by atoms with Gasteiger partial charge in [-0.3, -0.25) is 0 Å². The number of fused-ring (bicyclic) bond motifs is 6. The summed E-state index contributed by atoms with van der Waals surface area (Å²) >= 11 is 0. The zero-order valence-corrected chi connectivity index (χ0v) is 25.7. The zero-order valence-electron chi connectivity index (χ0n) is 25.7. The number of aryl methyl sites for hydroxylation is 1. The van der Waals surface area contributed by atoms with Crippen molar-refractivity contribution in [2.75, 3.05) is 0 Å². The number of benzene rings is 6. The molecule has 2 aliphatic rings. The Bertz CT molecular complexity index is 2150. The molecule has 0 bridgehead atoms. The summed E-state index contributed by atoms with van der Waals surface area (Å²) in [5.41, 5.74) is 14.6. The number of hydrogen-bond donors (Lipinski definition) is 0. The summed E-state index contributed by atoms with van der Waals surface area (Å²) in [6.45, 7) is 2.21. The van der Waals surface area contributed by atoms with E-state index >= 15 is 0 Å². The average Bonchev–Trinajstić information content (AvgIpc) is 3.63. The van der Waals surface area contributed by atoms with Crippen LogP contribution in [-0.2, 0) is 5.41 Å². The van der Waals surface area contributed by atoms with Crippen molar-refractivity contribution in [1.29, 1.82) is 0 Å². The highest BCUT2D eigenvalue weighted by atomic mass is 16.3. The summed E-state index contributed by atoms with van der Waals surface area (Å²) in [4.78, 5) is 0. The van der Waals surface area contributed by atoms with E-state index in [9.17, 15) is 0 Å². The fraction of sp³-hybridized carbons (Fsp3) is 0.182. The summed E-state index contributed by atoms with van der Waals surface area (Å²) in [6, 6.07) is 49.6. The van der Waals surface area contributed by atoms with Crippen LogP contribution in [0.3, 0.4) is 0 Å². The largest absolute Gasteiger partial charge is 0.455 e. The van der Waals surface area contributed by atoms with Gasteiger partial charge < -0.3 is 4.42 Å². The van der Waals surface area contributed by atoms with Crippen LogP contribution in [0.5, 0.6) is 0 Å². The minimum Gasteiger partial charge on any atom is -0.455 e. The molecule has 218 valence electrons. The molecule has 0 spiro atoms. The van der Waals surface area contributed by atoms with E-state index in [1.807, 2.05) is 0 Å². The lowest BCUT2D eigenvalue weighted by Gasteiger charge is -2.34. The summed E-state index contributed by atoms with van der Waals surface area (Å²) in [7, 11) is 0. The Kier molecular flexibility index (Phi) is 6.10. The molecule has 0 unspecified atom stereocenters. The molecule has 7 aromatic rings. The van der Waals surface area contributed by atoms with Crippen molar-refractivity contribution in [1.82, 2.24) is 0 Å². The quantitative estimate of drug-likeness (QED) is 0.202. The number of rotatable bonds is 4. The maximum Gasteiger partial charge on any atom is 0.143 e. The number of hydrogen-bond acceptors (Lipinski definition) is 1. The van der Waals surface area contributed by atoms with Crippen molar-refractivity contribution in [3.8, 4) is 22.3 Å². The van der Waals surface area contributed by atoms with Gasteiger partial charge in [0, 0.05) is 16.3 Å². The van der Waals surface area contributed by atoms with Crippen molar-refractivity contribution < 1.29 is 4.42 Å². The van der Waals surface area contributed by atoms with Crippen LogP contribution in [-0.4, -0.2) is 0 Å². The van der Waals surface area contributed by atoms with Crippen LogP contribution in [0.1, 0.15) is 71.4 Å². The Hall–Kier alpha value is -4.88. The van der Waals surface area contributed by atoms with Crippen LogP contribution >= 0.6 is 0 Å². The summed E-state index contributed by atoms with van der Waals surface area (Å²) < 4.78 is 6.89. The minimum atomic E-state index is -0.386. The average molecular weight is 581 g/mol. The van der Waals surface area contributed by atoms with Crippen LogP contribution in [0, 0.1) is 6.92 Å². The first-order valence-electron chi connectivity index (χ1n) is 16.5. The van der Waals surface area contributed by atoms with E-state index in [-0.39, 0.29) is 5.41 Å². The lowest BCUT2D eigenvalue weighted by molar-refractivity contribution is 0.442. The number of para-hydroxylation sites is 1. The second-order valence-corrected chi connectivity index (χ2v) is 13.1. The van der Waals surface area contributed by atoms with Gasteiger partial charge in [-0.25, -0.2) is 0 Å². The molecule has 0 aliphatic heterocycles. The molecule has 9 rings (SSSR count). The van der Waals surface area contributed by atoms with Crippen molar-refractivity contribution in [3.05, 3.63) is 167 Å². The predicted octanol–water partition coefficient (Wildman–Crippen LogP) is 12.0. The fourth-order valence-corrected chi connectivity index (χ4v) is 8.63. The molecule has 0 N–H and O–H groups in total. The summed E-state index contributed by atoms with van der Waals surface area (Å²) in [5, 5.41) is 2.47. The van der Waals surface area contributed by atoms with Gasteiger partial charge in [-0.2, -0.15) is 0 Å². The first-order valence-corrected chi connectivity index (χ1v) is 16.5. The highest BCUT2D eigenvalue weighted by molar-refractivity contribution is 6.10. The maximum atomic E-state index is 6.89. The SMILES string of the molecule is Cc1cc(-c2ccc(C3(c4ccccc4)c4ccccc4-c4ccccc43)cc2)c2oc3c(C4CCCCC4)cccc3c2c1. The smallest absolute Gasteiger partial charge is 0.143 e. The molecule has 1 aromatic heterocycles. The summed E-state index contributed by atoms with van der Waals surface area (Å²) in [5.74, 6) is 0.596. The van der Waals surface area contributed by atoms with Gasteiger partial charge in [-0.15, -0.1) is 0 Å². The van der Waals surface area contributed by atoms with Crippen LogP contribution < -0.4 is 0 Å². The van der Waals surface area contributed by atoms with Crippen LogP contribution in [0.2, 0.25) is 0 Å². The van der Waals surface area contributed by atoms with Gasteiger partial charge in [-0.05, 0) is 87.9 Å². The van der Waals surface area contributed by atoms with E-state index in [2.05, 4.69) is 140 Å². The first kappa shape index (κ1) is 26.5. The summed E-state index contributed by atoms with van der Waals surface area (Å²) in [6.07, 6.45) is 6.52. The Morgan fingerprint density at radius 2 is 1.18 bits per heavy atom. The molecule has 45 heavy (non-hydrogen) atoms. The van der Waals surface area contributed by atoms with Crippen molar-refractivity contribution in [2.45, 2.75) is 50.4 Å². The molecule has 1 heterocycles. The predicted molar refractivity (Wildman–Crippen MR) is 187 cm³/mol. The third-order valence-electron chi connectivity index (χ3n) is 10.6. The van der Waals surface area contributed by atoms with E-state index in [0.717, 1.165) is 11.2 Å². The van der Waals surface area contributed by atoms with Gasteiger partial charge in [0.25, 0.3) is 0 Å². The van der Waals surface area contributed by atoms with Gasteiger partial charge in [0.2, 0.25) is 0 Å². The Morgan fingerprint density at radius 1 is 0.533 bits per heavy atom. The molecule has 0 saturated heterocycles. The molecule has 6 aromatic carbocycles. The molecule has 0 atom stereocenters. The zero-order chi connectivity index (χ0) is 30.0. The molecular weight excluding hydrogens is 544 g/mol. The molecule has 1 fully saturated rings. The fourth-order valence-electron chi connectivity index (χ4n) is 8.63. The van der Waals surface area contributed by atoms with E-state index in [1.54, 1.807) is 0 Å². The second-order valence-electron chi connectivity index (χ2n) is 13.1. The van der Waals surface area contributed by atoms with Gasteiger partial charge in [0.1, 0.15) is 11.2 Å². The molecule has 1 heteroatoms. The molecule has 1 saturated carbocycles. The molecular formula is C44H36O. The van der Waals surface area contributed by atoms with Gasteiger partial charge in [0.05, 0.1) is 5.41 Å². The standard InChI is InChI=1S/C44H36O/c1-29-27-38(43-39(28-29)37-20-12-19-34(42(37)45-43)30-13-4-2-5-14-30)31-23-25-33(26-24-31)44(32-15-6-3-7-16-32)40-21-10-8-17-35(40)36-18-9-11-22-41(36)44/h3,6-12,15-28,30H,2,4-5,13-14H2,1H3. The number of furan rings is 1. The minimum absolute atomic E-state index is 0.386. The van der Waals surface area contributed by atoms with Crippen molar-refractivity contribution in [2.24, 2.45) is 0 Å². The third kappa shape index (κ3) is 3.93. The van der Waals surface area contributed by atoms with Crippen molar-refractivity contribution >= 4 is 21.9 Å². The Labute approximate surface area is 265 Å². The van der Waals surface area contributed by atoms with Crippen LogP contribution in [0.4, 0.5) is 0 Å². The van der Waals surface area contributed by atoms with E-state index in [4.69, 9.17) is 4.42 Å². The van der Waals surface area contributed by atoms with Gasteiger partial charge in [-0.1, -0.05) is 141 Å². The lowest BCUT2D eigenvalue weighted by atomic mass is 9.67. The molecule has 2 aliphatic carbocycles. The topological polar surface area (TPSA) is 13.1 Å². The molecule has 0 radical (unpaired) electrons. The highest BCUT2D eigenvalue weighted by Gasteiger charge is 2.45. The van der Waals surface area contributed by atoms with Crippen LogP contribution in [0.15, 0.2) is 138 Å². The van der Waals surface area contributed by atoms with Crippen LogP contribution in [0.25, 0.3) is 44.2 Å². The normalized spacial score (nSPS) is 15.8. The lowest BCUT2D eigenvalue weighted by Crippen LogP contribution is -2.28. The second kappa shape index (κ2) is 10.3. The van der Waals surface area contributed by atoms with E-state index in [1.165, 1.54) is 98.5 Å². The molecule has 0 amide bonds. The Balaban J connectivity index is 1.23. The molecule has 1 nitrogen and oxygen atoms in total. The first-order chi connectivity index (χ1) is 22.2. The Morgan fingerprint density at radius 3 is 1.89 bits per heavy atom. The van der Waals surface area contributed by atoms with Crippen molar-refractivity contribution in [3.63, 3.8) is 0 Å². The van der Waals surface area contributed by atoms with E-state index in [0.29, 0.717) is 5.92 Å². The monoisotopic (exact) mass is 580 g/mol. The maximum absolute atomic E-state index is 6.89. The van der Waals surface area contributed by atoms with E-state index < -0.39 is 0 Å². The third-order valence-corrected chi connectivity index (χ3v) is 10.6. The van der Waals surface area contributed by atoms with Gasteiger partial charge >= 0.3 is 0 Å². The van der Waals surface area contributed by atoms with Gasteiger partial charge in [0.15, 0.2) is 0 Å². The highest BCUT2D eigenvalue weighted by Crippen LogP contribution is 2.56.